The highest BCUT2D eigenvalue weighted by Gasteiger charge is 2.28. The number of benzene rings is 1. The first kappa shape index (κ1) is 22.1. The summed E-state index contributed by atoms with van der Waals surface area (Å²) >= 11 is 0. The topological polar surface area (TPSA) is 41.6 Å². The summed E-state index contributed by atoms with van der Waals surface area (Å²) in [5.41, 5.74) is 1.27. The summed E-state index contributed by atoms with van der Waals surface area (Å²) in [5.74, 6) is 2.22. The van der Waals surface area contributed by atoms with E-state index in [4.69, 9.17) is 4.74 Å². The van der Waals surface area contributed by atoms with Crippen LogP contribution >= 0.6 is 0 Å². The highest BCUT2D eigenvalue weighted by molar-refractivity contribution is 5.78. The maximum atomic E-state index is 12.9. The molecule has 1 saturated carbocycles. The molecular weight excluding hydrogens is 360 g/mol. The zero-order valence-corrected chi connectivity index (χ0v) is 18.5. The van der Waals surface area contributed by atoms with Gasteiger partial charge in [-0.05, 0) is 75.2 Å². The molecule has 1 aromatic rings. The van der Waals surface area contributed by atoms with Gasteiger partial charge in [-0.2, -0.15) is 0 Å². The maximum absolute atomic E-state index is 12.9. The molecule has 3 rings (SSSR count). The molecule has 1 aliphatic heterocycles. The second kappa shape index (κ2) is 11.6. The number of ether oxygens (including phenoxy) is 1. The number of piperidine rings is 1. The Bertz CT molecular complexity index is 602. The number of rotatable bonds is 9. The molecule has 162 valence electrons. The van der Waals surface area contributed by atoms with E-state index in [0.29, 0.717) is 6.54 Å². The van der Waals surface area contributed by atoms with Crippen molar-refractivity contribution in [3.05, 3.63) is 29.8 Å². The van der Waals surface area contributed by atoms with Crippen LogP contribution in [0.1, 0.15) is 82.7 Å². The van der Waals surface area contributed by atoms with E-state index in [1.165, 1.54) is 56.9 Å². The molecule has 0 bridgehead atoms. The standard InChI is InChI=1S/C25H40N2O2/c1-3-4-8-20-9-11-22(12-10-20)25(28)26-19-24(27-17-6-5-7-18-27)21-13-15-23(29-2)16-14-21/h13-16,20,22,24H,3-12,17-19H2,1-2H3,(H,26,28). The van der Waals surface area contributed by atoms with Crippen molar-refractivity contribution in [1.29, 1.82) is 0 Å². The Morgan fingerprint density at radius 2 is 1.79 bits per heavy atom. The quantitative estimate of drug-likeness (QED) is 0.609. The molecule has 0 aromatic heterocycles. The van der Waals surface area contributed by atoms with Gasteiger partial charge in [-0.25, -0.2) is 0 Å². The van der Waals surface area contributed by atoms with E-state index in [0.717, 1.165) is 37.6 Å². The van der Waals surface area contributed by atoms with Gasteiger partial charge < -0.3 is 10.1 Å². The fourth-order valence-corrected chi connectivity index (χ4v) is 5.06. The third-order valence-corrected chi connectivity index (χ3v) is 6.99. The summed E-state index contributed by atoms with van der Waals surface area (Å²) in [6.07, 6.45) is 12.4. The van der Waals surface area contributed by atoms with Crippen molar-refractivity contribution >= 4 is 5.91 Å². The maximum Gasteiger partial charge on any atom is 0.223 e. The average molecular weight is 401 g/mol. The highest BCUT2D eigenvalue weighted by atomic mass is 16.5. The van der Waals surface area contributed by atoms with Crippen LogP contribution in [0.15, 0.2) is 24.3 Å². The van der Waals surface area contributed by atoms with Crippen LogP contribution in [0.3, 0.4) is 0 Å². The zero-order chi connectivity index (χ0) is 20.5. The molecule has 2 fully saturated rings. The molecular formula is C25H40N2O2. The molecule has 29 heavy (non-hydrogen) atoms. The predicted molar refractivity (Wildman–Crippen MR) is 119 cm³/mol. The van der Waals surface area contributed by atoms with Crippen molar-refractivity contribution in [2.45, 2.75) is 77.2 Å². The molecule has 1 aliphatic carbocycles. The Morgan fingerprint density at radius 1 is 1.10 bits per heavy atom. The summed E-state index contributed by atoms with van der Waals surface area (Å²) in [5, 5.41) is 3.32. The Morgan fingerprint density at radius 3 is 2.41 bits per heavy atom. The SMILES string of the molecule is CCCCC1CCC(C(=O)NCC(c2ccc(OC)cc2)N2CCCCC2)CC1. The summed E-state index contributed by atoms with van der Waals surface area (Å²) in [7, 11) is 1.70. The number of hydrogen-bond donors (Lipinski definition) is 1. The van der Waals surface area contributed by atoms with E-state index < -0.39 is 0 Å². The largest absolute Gasteiger partial charge is 0.497 e. The third-order valence-electron chi connectivity index (χ3n) is 6.99. The molecule has 1 saturated heterocycles. The molecule has 1 amide bonds. The molecule has 1 aromatic carbocycles. The van der Waals surface area contributed by atoms with Gasteiger partial charge in [-0.1, -0.05) is 44.7 Å². The van der Waals surface area contributed by atoms with Gasteiger partial charge in [0.05, 0.1) is 13.2 Å². The molecule has 2 aliphatic rings. The van der Waals surface area contributed by atoms with Crippen LogP contribution in [-0.4, -0.2) is 37.6 Å². The fraction of sp³-hybridized carbons (Fsp3) is 0.720. The van der Waals surface area contributed by atoms with Crippen molar-refractivity contribution in [2.24, 2.45) is 11.8 Å². The number of carbonyl (C=O) groups excluding carboxylic acids is 1. The normalized spacial score (nSPS) is 24.1. The van der Waals surface area contributed by atoms with E-state index in [9.17, 15) is 4.79 Å². The number of methoxy groups -OCH3 is 1. The zero-order valence-electron chi connectivity index (χ0n) is 18.5. The number of nitrogens with one attached hydrogen (secondary N) is 1. The summed E-state index contributed by atoms with van der Waals surface area (Å²) in [6, 6.07) is 8.63. The Hall–Kier alpha value is -1.55. The van der Waals surface area contributed by atoms with Crippen LogP contribution in [-0.2, 0) is 4.79 Å². The molecule has 1 atom stereocenters. The van der Waals surface area contributed by atoms with Gasteiger partial charge >= 0.3 is 0 Å². The van der Waals surface area contributed by atoms with Crippen LogP contribution in [0.25, 0.3) is 0 Å². The van der Waals surface area contributed by atoms with Crippen LogP contribution in [0.2, 0.25) is 0 Å². The monoisotopic (exact) mass is 400 g/mol. The molecule has 0 spiro atoms. The lowest BCUT2D eigenvalue weighted by atomic mass is 9.79. The van der Waals surface area contributed by atoms with E-state index >= 15 is 0 Å². The first-order valence-electron chi connectivity index (χ1n) is 11.9. The van der Waals surface area contributed by atoms with Crippen molar-refractivity contribution in [1.82, 2.24) is 10.2 Å². The number of nitrogens with zero attached hydrogens (tertiary/aromatic N) is 1. The van der Waals surface area contributed by atoms with E-state index in [1.54, 1.807) is 7.11 Å². The van der Waals surface area contributed by atoms with Crippen LogP contribution in [0.5, 0.6) is 5.75 Å². The van der Waals surface area contributed by atoms with Crippen molar-refractivity contribution in [3.63, 3.8) is 0 Å². The smallest absolute Gasteiger partial charge is 0.223 e. The lowest BCUT2D eigenvalue weighted by molar-refractivity contribution is -0.126. The predicted octanol–water partition coefficient (Wildman–Crippen LogP) is 5.34. The fourth-order valence-electron chi connectivity index (χ4n) is 5.06. The summed E-state index contributed by atoms with van der Waals surface area (Å²) < 4.78 is 5.32. The first-order chi connectivity index (χ1) is 14.2. The highest BCUT2D eigenvalue weighted by Crippen LogP contribution is 2.32. The first-order valence-corrected chi connectivity index (χ1v) is 11.9. The lowest BCUT2D eigenvalue weighted by Gasteiger charge is -2.35. The molecule has 4 nitrogen and oxygen atoms in total. The summed E-state index contributed by atoms with van der Waals surface area (Å²) in [4.78, 5) is 15.4. The van der Waals surface area contributed by atoms with Gasteiger partial charge in [0.1, 0.15) is 5.75 Å². The molecule has 1 unspecified atom stereocenters. The lowest BCUT2D eigenvalue weighted by Crippen LogP contribution is -2.42. The van der Waals surface area contributed by atoms with Crippen molar-refractivity contribution in [2.75, 3.05) is 26.7 Å². The molecule has 0 radical (unpaired) electrons. The van der Waals surface area contributed by atoms with E-state index in [1.807, 2.05) is 12.1 Å². The Kier molecular flexibility index (Phi) is 8.85. The van der Waals surface area contributed by atoms with Gasteiger partial charge in [-0.3, -0.25) is 9.69 Å². The minimum atomic E-state index is 0.214. The van der Waals surface area contributed by atoms with E-state index in [-0.39, 0.29) is 17.9 Å². The van der Waals surface area contributed by atoms with Gasteiger partial charge in [0.15, 0.2) is 0 Å². The van der Waals surface area contributed by atoms with Crippen LogP contribution < -0.4 is 10.1 Å². The van der Waals surface area contributed by atoms with Crippen LogP contribution in [0.4, 0.5) is 0 Å². The van der Waals surface area contributed by atoms with Gasteiger partial charge in [-0.15, -0.1) is 0 Å². The molecule has 4 heteroatoms. The third kappa shape index (κ3) is 6.47. The van der Waals surface area contributed by atoms with Gasteiger partial charge in [0.25, 0.3) is 0 Å². The van der Waals surface area contributed by atoms with Crippen LogP contribution in [0, 0.1) is 11.8 Å². The Labute approximate surface area is 177 Å². The minimum absolute atomic E-state index is 0.214. The van der Waals surface area contributed by atoms with Gasteiger partial charge in [0.2, 0.25) is 5.91 Å². The summed E-state index contributed by atoms with van der Waals surface area (Å²) in [6.45, 7) is 5.21. The Balaban J connectivity index is 1.55. The van der Waals surface area contributed by atoms with Crippen molar-refractivity contribution < 1.29 is 9.53 Å². The number of likely N-dealkylation sites (tertiary alicyclic amines) is 1. The number of carbonyl (C=O) groups is 1. The molecule has 1 heterocycles. The number of amides is 1. The number of hydrogen-bond acceptors (Lipinski definition) is 3. The van der Waals surface area contributed by atoms with E-state index in [2.05, 4.69) is 29.3 Å². The number of unbranched alkanes of at least 4 members (excludes halogenated alkanes) is 1. The second-order valence-corrected chi connectivity index (χ2v) is 8.99. The molecule has 1 N–H and O–H groups in total. The second-order valence-electron chi connectivity index (χ2n) is 8.99. The minimum Gasteiger partial charge on any atom is -0.497 e. The van der Waals surface area contributed by atoms with Gasteiger partial charge in [0, 0.05) is 12.5 Å². The average Bonchev–Trinajstić information content (AvgIpc) is 2.79. The van der Waals surface area contributed by atoms with Crippen molar-refractivity contribution in [3.8, 4) is 5.75 Å².